The van der Waals surface area contributed by atoms with E-state index in [1.54, 1.807) is 42.5 Å². The van der Waals surface area contributed by atoms with Crippen molar-refractivity contribution in [2.75, 3.05) is 25.2 Å². The van der Waals surface area contributed by atoms with Crippen LogP contribution < -0.4 is 19.1 Å². The van der Waals surface area contributed by atoms with Crippen molar-refractivity contribution in [3.8, 4) is 17.2 Å². The minimum Gasteiger partial charge on any atom is -0.507 e. The second-order valence-electron chi connectivity index (χ2n) is 10.8. The van der Waals surface area contributed by atoms with Gasteiger partial charge < -0.3 is 19.3 Å². The smallest absolute Gasteiger partial charge is 0.301 e. The molecule has 4 aromatic rings. The van der Waals surface area contributed by atoms with E-state index in [4.69, 9.17) is 14.2 Å². The number of methoxy groups -OCH3 is 1. The van der Waals surface area contributed by atoms with Gasteiger partial charge >= 0.3 is 5.91 Å². The quantitative estimate of drug-likeness (QED) is 0.0363. The number of nitrogens with zero attached hydrogens (tertiary/aromatic N) is 3. The molecule has 1 unspecified atom stereocenters. The number of aliphatic hydroxyl groups excluding tert-OH is 1. The van der Waals surface area contributed by atoms with Gasteiger partial charge in [0.15, 0.2) is 15.8 Å². The molecule has 1 aliphatic heterocycles. The van der Waals surface area contributed by atoms with Crippen molar-refractivity contribution in [2.24, 2.45) is 0 Å². The first-order valence-corrected chi connectivity index (χ1v) is 17.0. The topological polar surface area (TPSA) is 111 Å². The number of unbranched alkanes of at least 4 members (excludes halogenated alkanes) is 1. The van der Waals surface area contributed by atoms with Gasteiger partial charge in [0, 0.05) is 11.3 Å². The van der Waals surface area contributed by atoms with Gasteiger partial charge in [0.05, 0.1) is 31.9 Å². The zero-order valence-electron chi connectivity index (χ0n) is 26.3. The minimum absolute atomic E-state index is 0.0574. The summed E-state index contributed by atoms with van der Waals surface area (Å²) in [5.74, 6) is 0.388. The van der Waals surface area contributed by atoms with Gasteiger partial charge in [0.25, 0.3) is 5.78 Å². The van der Waals surface area contributed by atoms with Gasteiger partial charge in [0.1, 0.15) is 11.5 Å². The van der Waals surface area contributed by atoms with Gasteiger partial charge in [-0.2, -0.15) is 0 Å². The first-order valence-electron chi connectivity index (χ1n) is 15.2. The van der Waals surface area contributed by atoms with E-state index in [1.165, 1.54) is 40.7 Å². The number of hydrogen-bond acceptors (Lipinski definition) is 10. The fourth-order valence-electron chi connectivity index (χ4n) is 4.92. The Bertz CT molecular complexity index is 1700. The van der Waals surface area contributed by atoms with E-state index in [9.17, 15) is 14.7 Å². The Morgan fingerprint density at radius 3 is 2.39 bits per heavy atom. The summed E-state index contributed by atoms with van der Waals surface area (Å²) in [6.45, 7) is 7.22. The summed E-state index contributed by atoms with van der Waals surface area (Å²) in [5, 5.41) is 20.5. The second kappa shape index (κ2) is 15.3. The molecule has 240 valence electrons. The largest absolute Gasteiger partial charge is 0.507 e. The summed E-state index contributed by atoms with van der Waals surface area (Å²) in [7, 11) is 1.53. The molecule has 3 aromatic carbocycles. The number of aryl methyl sites for hydroxylation is 1. The Hall–Kier alpha value is -4.35. The summed E-state index contributed by atoms with van der Waals surface area (Å²) < 4.78 is 17.9. The predicted molar refractivity (Wildman–Crippen MR) is 181 cm³/mol. The van der Waals surface area contributed by atoms with Crippen molar-refractivity contribution < 1.29 is 28.9 Å². The summed E-state index contributed by atoms with van der Waals surface area (Å²) in [6.07, 6.45) is 2.72. The number of benzene rings is 3. The molecule has 0 spiro atoms. The molecule has 5 rings (SSSR count). The summed E-state index contributed by atoms with van der Waals surface area (Å²) >= 11 is 2.72. The maximum absolute atomic E-state index is 13.7. The number of amides is 1. The van der Waals surface area contributed by atoms with Crippen LogP contribution in [0.1, 0.15) is 61.4 Å². The van der Waals surface area contributed by atoms with Crippen LogP contribution in [0.25, 0.3) is 5.76 Å². The van der Waals surface area contributed by atoms with E-state index in [0.717, 1.165) is 24.8 Å². The van der Waals surface area contributed by atoms with Gasteiger partial charge in [-0.05, 0) is 67.3 Å². The number of ether oxygens (including phenoxy) is 3. The van der Waals surface area contributed by atoms with E-state index < -0.39 is 17.7 Å². The third-order valence-corrected chi connectivity index (χ3v) is 9.52. The molecular weight excluding hydrogens is 623 g/mol. The van der Waals surface area contributed by atoms with Crippen LogP contribution in [0.4, 0.5) is 5.13 Å². The molecule has 1 saturated heterocycles. The summed E-state index contributed by atoms with van der Waals surface area (Å²) in [5.41, 5.74) is 3.18. The molecule has 1 aromatic heterocycles. The minimum atomic E-state index is -0.988. The molecule has 1 N–H and O–H groups in total. The van der Waals surface area contributed by atoms with Crippen LogP contribution in [0.2, 0.25) is 0 Å². The zero-order chi connectivity index (χ0) is 32.6. The molecule has 1 fully saturated rings. The van der Waals surface area contributed by atoms with Crippen LogP contribution in [0.3, 0.4) is 0 Å². The molecule has 2 heterocycles. The van der Waals surface area contributed by atoms with Gasteiger partial charge in [-0.25, -0.2) is 0 Å². The maximum Gasteiger partial charge on any atom is 0.301 e. The number of hydrogen-bond donors (Lipinski definition) is 1. The van der Waals surface area contributed by atoms with E-state index in [1.807, 2.05) is 13.8 Å². The Balaban J connectivity index is 1.53. The van der Waals surface area contributed by atoms with Crippen molar-refractivity contribution in [3.63, 3.8) is 0 Å². The molecular formula is C35H37N3O6S2. The standard InChI is InChI=1S/C35H37N3O6S2/c1-5-7-19-44-27-17-14-25(20-28(27)42-4)30-29(31(39)24-12-15-26(16-13-24)43-18-6-2)32(40)33(41)38(30)34-36-37-35(46-34)45-21-23-10-8-22(3)9-11-23/h8-17,20,30,39H,5-7,18-19,21H2,1-4H3/b31-29-. The van der Waals surface area contributed by atoms with E-state index in [2.05, 4.69) is 41.4 Å². The first-order chi connectivity index (χ1) is 22.3. The molecule has 0 saturated carbocycles. The van der Waals surface area contributed by atoms with Crippen LogP contribution in [0, 0.1) is 6.92 Å². The van der Waals surface area contributed by atoms with Gasteiger partial charge in [-0.3, -0.25) is 14.5 Å². The maximum atomic E-state index is 13.7. The van der Waals surface area contributed by atoms with Crippen LogP contribution in [0.5, 0.6) is 17.2 Å². The summed E-state index contributed by atoms with van der Waals surface area (Å²) in [4.78, 5) is 28.7. The third-order valence-electron chi connectivity index (χ3n) is 7.39. The number of ketones is 1. The van der Waals surface area contributed by atoms with Gasteiger partial charge in [0.2, 0.25) is 5.13 Å². The molecule has 0 aliphatic carbocycles. The highest BCUT2D eigenvalue weighted by Crippen LogP contribution is 2.45. The zero-order valence-corrected chi connectivity index (χ0v) is 28.0. The number of aromatic nitrogens is 2. The molecule has 0 bridgehead atoms. The number of aliphatic hydroxyl groups is 1. The van der Waals surface area contributed by atoms with Crippen molar-refractivity contribution in [2.45, 2.75) is 56.2 Å². The van der Waals surface area contributed by atoms with Crippen LogP contribution in [-0.2, 0) is 15.3 Å². The lowest BCUT2D eigenvalue weighted by Crippen LogP contribution is -2.29. The van der Waals surface area contributed by atoms with Crippen LogP contribution in [-0.4, -0.2) is 47.3 Å². The number of Topliss-reactive ketones (excluding diaryl/α,β-unsaturated/α-hetero) is 1. The SMILES string of the molecule is CCCCOc1ccc(C2/C(=C(/O)c3ccc(OCCC)cc3)C(=O)C(=O)N2c2nnc(SCc3ccc(C)cc3)s2)cc1OC. The fourth-order valence-corrected chi connectivity index (χ4v) is 6.74. The molecule has 46 heavy (non-hydrogen) atoms. The second-order valence-corrected chi connectivity index (χ2v) is 13.0. The number of rotatable bonds is 14. The third kappa shape index (κ3) is 7.37. The van der Waals surface area contributed by atoms with Gasteiger partial charge in [-0.15, -0.1) is 10.2 Å². The Morgan fingerprint density at radius 1 is 0.935 bits per heavy atom. The lowest BCUT2D eigenvalue weighted by Gasteiger charge is -2.23. The van der Waals surface area contributed by atoms with Crippen LogP contribution >= 0.6 is 23.1 Å². The highest BCUT2D eigenvalue weighted by Gasteiger charge is 2.48. The number of carbonyl (C=O) groups excluding carboxylic acids is 2. The van der Waals surface area contributed by atoms with E-state index in [-0.39, 0.29) is 16.5 Å². The average Bonchev–Trinajstić information content (AvgIpc) is 3.65. The van der Waals surface area contributed by atoms with Crippen molar-refractivity contribution in [3.05, 3.63) is 94.6 Å². The molecule has 9 nitrogen and oxygen atoms in total. The molecule has 1 atom stereocenters. The monoisotopic (exact) mass is 659 g/mol. The lowest BCUT2D eigenvalue weighted by atomic mass is 9.95. The number of carbonyl (C=O) groups is 2. The van der Waals surface area contributed by atoms with Crippen LogP contribution in [0.15, 0.2) is 76.6 Å². The molecule has 0 radical (unpaired) electrons. The van der Waals surface area contributed by atoms with E-state index in [0.29, 0.717) is 51.7 Å². The fraction of sp³-hybridized carbons (Fsp3) is 0.314. The molecule has 1 amide bonds. The van der Waals surface area contributed by atoms with Crippen molar-refractivity contribution in [1.82, 2.24) is 10.2 Å². The average molecular weight is 660 g/mol. The highest BCUT2D eigenvalue weighted by atomic mass is 32.2. The Labute approximate surface area is 277 Å². The number of thioether (sulfide) groups is 1. The summed E-state index contributed by atoms with van der Waals surface area (Å²) in [6, 6.07) is 19.3. The highest BCUT2D eigenvalue weighted by molar-refractivity contribution is 8.00. The van der Waals surface area contributed by atoms with Crippen molar-refractivity contribution in [1.29, 1.82) is 0 Å². The molecule has 1 aliphatic rings. The molecule has 11 heteroatoms. The first kappa shape index (κ1) is 33.0. The van der Waals surface area contributed by atoms with E-state index >= 15 is 0 Å². The Kier molecular flexibility index (Phi) is 11.0. The number of anilines is 1. The predicted octanol–water partition coefficient (Wildman–Crippen LogP) is 7.74. The normalized spacial score (nSPS) is 15.7. The van der Waals surface area contributed by atoms with Gasteiger partial charge in [-0.1, -0.05) is 79.3 Å². The Morgan fingerprint density at radius 2 is 1.70 bits per heavy atom. The lowest BCUT2D eigenvalue weighted by molar-refractivity contribution is -0.132. The van der Waals surface area contributed by atoms with Crippen molar-refractivity contribution >= 4 is 45.7 Å².